The lowest BCUT2D eigenvalue weighted by Gasteiger charge is -2.20. The molecule has 5 heteroatoms. The Kier molecular flexibility index (Phi) is 7.15. The van der Waals surface area contributed by atoms with Crippen LogP contribution in [0, 0.1) is 5.82 Å². The molecule has 28 heavy (non-hydrogen) atoms. The van der Waals surface area contributed by atoms with E-state index in [0.717, 1.165) is 11.1 Å². The molecule has 0 heterocycles. The van der Waals surface area contributed by atoms with Crippen LogP contribution in [0.2, 0.25) is 0 Å². The van der Waals surface area contributed by atoms with E-state index in [9.17, 15) is 9.18 Å². The quantitative estimate of drug-likeness (QED) is 0.604. The highest BCUT2D eigenvalue weighted by Gasteiger charge is 2.16. The maximum absolute atomic E-state index is 13.8. The van der Waals surface area contributed by atoms with Crippen molar-refractivity contribution in [1.29, 1.82) is 0 Å². The lowest BCUT2D eigenvalue weighted by Crippen LogP contribution is -2.35. The van der Waals surface area contributed by atoms with Gasteiger partial charge in [0.2, 0.25) is 5.91 Å². The van der Waals surface area contributed by atoms with Crippen LogP contribution in [0.1, 0.15) is 17.2 Å². The lowest BCUT2D eigenvalue weighted by atomic mass is 10.1. The largest absolute Gasteiger partial charge is 0.488 e. The number of ether oxygens (including phenoxy) is 2. The summed E-state index contributed by atoms with van der Waals surface area (Å²) in [4.78, 5) is 12.3. The summed E-state index contributed by atoms with van der Waals surface area (Å²) in [6.45, 7) is 0.392. The molecule has 0 fully saturated rings. The van der Waals surface area contributed by atoms with Crippen molar-refractivity contribution in [2.75, 3.05) is 13.2 Å². The van der Waals surface area contributed by atoms with Gasteiger partial charge >= 0.3 is 0 Å². The number of nitrogens with one attached hydrogen (secondary N) is 1. The Morgan fingerprint density at radius 3 is 2.25 bits per heavy atom. The number of amides is 1. The van der Waals surface area contributed by atoms with Crippen LogP contribution in [-0.2, 0) is 16.1 Å². The van der Waals surface area contributed by atoms with E-state index < -0.39 is 11.9 Å². The standard InChI is InChI=1S/C23H22FNO3/c24-20-13-7-8-14-22(20)28-16-21(19-11-5-2-6-12-19)25-23(26)17-27-15-18-9-3-1-4-10-18/h1-14,21H,15-17H2,(H,25,26). The van der Waals surface area contributed by atoms with Crippen LogP contribution >= 0.6 is 0 Å². The molecule has 1 N–H and O–H groups in total. The Hall–Kier alpha value is -3.18. The number of rotatable bonds is 9. The lowest BCUT2D eigenvalue weighted by molar-refractivity contribution is -0.127. The molecule has 3 aromatic carbocycles. The van der Waals surface area contributed by atoms with Crippen LogP contribution in [0.5, 0.6) is 5.75 Å². The van der Waals surface area contributed by atoms with Crippen molar-refractivity contribution in [3.8, 4) is 5.75 Å². The van der Waals surface area contributed by atoms with E-state index in [1.165, 1.54) is 6.07 Å². The highest BCUT2D eigenvalue weighted by molar-refractivity contribution is 5.77. The smallest absolute Gasteiger partial charge is 0.246 e. The van der Waals surface area contributed by atoms with Crippen LogP contribution in [0.25, 0.3) is 0 Å². The molecule has 0 spiro atoms. The fraction of sp³-hybridized carbons (Fsp3) is 0.174. The Balaban J connectivity index is 1.57. The average molecular weight is 379 g/mol. The molecule has 0 bridgehead atoms. The summed E-state index contributed by atoms with van der Waals surface area (Å²) in [5.41, 5.74) is 1.87. The Bertz CT molecular complexity index is 871. The van der Waals surface area contributed by atoms with Gasteiger partial charge in [-0.25, -0.2) is 4.39 Å². The number of hydrogen-bond donors (Lipinski definition) is 1. The summed E-state index contributed by atoms with van der Waals surface area (Å²) in [6, 6.07) is 24.8. The van der Waals surface area contributed by atoms with Gasteiger partial charge in [0.25, 0.3) is 0 Å². The second kappa shape index (κ2) is 10.2. The fourth-order valence-corrected chi connectivity index (χ4v) is 2.71. The van der Waals surface area contributed by atoms with Crippen molar-refractivity contribution in [3.05, 3.63) is 102 Å². The molecule has 0 aliphatic heterocycles. The number of hydrogen-bond acceptors (Lipinski definition) is 3. The highest BCUT2D eigenvalue weighted by Crippen LogP contribution is 2.19. The molecule has 1 atom stereocenters. The van der Waals surface area contributed by atoms with Crippen molar-refractivity contribution in [1.82, 2.24) is 5.32 Å². The second-order valence-electron chi connectivity index (χ2n) is 6.25. The van der Waals surface area contributed by atoms with Crippen LogP contribution < -0.4 is 10.1 Å². The topological polar surface area (TPSA) is 47.6 Å². The van der Waals surface area contributed by atoms with Crippen LogP contribution in [0.3, 0.4) is 0 Å². The Morgan fingerprint density at radius 2 is 1.54 bits per heavy atom. The van der Waals surface area contributed by atoms with Crippen LogP contribution in [0.15, 0.2) is 84.9 Å². The van der Waals surface area contributed by atoms with E-state index in [4.69, 9.17) is 9.47 Å². The van der Waals surface area contributed by atoms with Crippen LogP contribution in [-0.4, -0.2) is 19.1 Å². The summed E-state index contributed by atoms with van der Waals surface area (Å²) in [6.07, 6.45) is 0. The summed E-state index contributed by atoms with van der Waals surface area (Å²) >= 11 is 0. The molecule has 1 amide bonds. The zero-order valence-corrected chi connectivity index (χ0v) is 15.4. The molecule has 1 unspecified atom stereocenters. The molecule has 0 aromatic heterocycles. The second-order valence-corrected chi connectivity index (χ2v) is 6.25. The first-order chi connectivity index (χ1) is 13.7. The maximum Gasteiger partial charge on any atom is 0.246 e. The third kappa shape index (κ3) is 5.93. The summed E-state index contributed by atoms with van der Waals surface area (Å²) in [5.74, 6) is -0.549. The van der Waals surface area contributed by atoms with E-state index in [1.807, 2.05) is 60.7 Å². The number of benzene rings is 3. The minimum absolute atomic E-state index is 0.0715. The predicted molar refractivity (Wildman–Crippen MR) is 105 cm³/mol. The average Bonchev–Trinajstić information content (AvgIpc) is 2.73. The first-order valence-electron chi connectivity index (χ1n) is 9.05. The van der Waals surface area contributed by atoms with Crippen molar-refractivity contribution in [3.63, 3.8) is 0 Å². The van der Waals surface area contributed by atoms with E-state index in [-0.39, 0.29) is 24.9 Å². The molecule has 0 aliphatic rings. The molecule has 3 aromatic rings. The highest BCUT2D eigenvalue weighted by atomic mass is 19.1. The molecule has 0 saturated carbocycles. The first-order valence-corrected chi connectivity index (χ1v) is 9.05. The zero-order valence-electron chi connectivity index (χ0n) is 15.4. The minimum atomic E-state index is -0.438. The van der Waals surface area contributed by atoms with Gasteiger partial charge < -0.3 is 14.8 Å². The monoisotopic (exact) mass is 379 g/mol. The number of carbonyl (C=O) groups excluding carboxylic acids is 1. The normalized spacial score (nSPS) is 11.6. The molecule has 0 saturated heterocycles. The Morgan fingerprint density at radius 1 is 0.893 bits per heavy atom. The van der Waals surface area contributed by atoms with Gasteiger partial charge in [0, 0.05) is 0 Å². The third-order valence-electron chi connectivity index (χ3n) is 4.12. The first kappa shape index (κ1) is 19.6. The van der Waals surface area contributed by atoms with Crippen molar-refractivity contribution >= 4 is 5.91 Å². The summed E-state index contributed by atoms with van der Waals surface area (Å²) < 4.78 is 24.9. The van der Waals surface area contributed by atoms with E-state index in [2.05, 4.69) is 5.32 Å². The number of halogens is 1. The molecular formula is C23H22FNO3. The third-order valence-corrected chi connectivity index (χ3v) is 4.12. The molecule has 4 nitrogen and oxygen atoms in total. The molecular weight excluding hydrogens is 357 g/mol. The van der Waals surface area contributed by atoms with Gasteiger partial charge in [-0.3, -0.25) is 4.79 Å². The Labute approximate surface area is 163 Å². The predicted octanol–water partition coefficient (Wildman–Crippen LogP) is 4.28. The molecule has 3 rings (SSSR count). The summed E-state index contributed by atoms with van der Waals surface area (Å²) in [5, 5.41) is 2.90. The van der Waals surface area contributed by atoms with Crippen molar-refractivity contribution in [2.24, 2.45) is 0 Å². The van der Waals surface area contributed by atoms with Gasteiger partial charge in [0.15, 0.2) is 11.6 Å². The van der Waals surface area contributed by atoms with E-state index in [1.54, 1.807) is 18.2 Å². The van der Waals surface area contributed by atoms with Gasteiger partial charge in [-0.1, -0.05) is 72.8 Å². The SMILES string of the molecule is O=C(COCc1ccccc1)NC(COc1ccccc1F)c1ccccc1. The summed E-state index contributed by atoms with van der Waals surface area (Å²) in [7, 11) is 0. The van der Waals surface area contributed by atoms with Gasteiger partial charge in [0.1, 0.15) is 13.2 Å². The van der Waals surface area contributed by atoms with Crippen molar-refractivity contribution in [2.45, 2.75) is 12.6 Å². The van der Waals surface area contributed by atoms with Crippen molar-refractivity contribution < 1.29 is 18.7 Å². The van der Waals surface area contributed by atoms with Gasteiger partial charge in [-0.15, -0.1) is 0 Å². The number of carbonyl (C=O) groups is 1. The fourth-order valence-electron chi connectivity index (χ4n) is 2.71. The van der Waals surface area contributed by atoms with Crippen LogP contribution in [0.4, 0.5) is 4.39 Å². The number of para-hydroxylation sites is 1. The minimum Gasteiger partial charge on any atom is -0.488 e. The zero-order chi connectivity index (χ0) is 19.6. The molecule has 0 aliphatic carbocycles. The van der Waals surface area contributed by atoms with Gasteiger partial charge in [0.05, 0.1) is 12.6 Å². The maximum atomic E-state index is 13.8. The van der Waals surface area contributed by atoms with Gasteiger partial charge in [-0.2, -0.15) is 0 Å². The molecule has 144 valence electrons. The van der Waals surface area contributed by atoms with E-state index >= 15 is 0 Å². The molecule has 0 radical (unpaired) electrons. The van der Waals surface area contributed by atoms with E-state index in [0.29, 0.717) is 6.61 Å². The van der Waals surface area contributed by atoms with Gasteiger partial charge in [-0.05, 0) is 23.3 Å².